The minimum atomic E-state index is -0.187. The highest BCUT2D eigenvalue weighted by molar-refractivity contribution is 5.98. The van der Waals surface area contributed by atoms with Crippen molar-refractivity contribution in [2.75, 3.05) is 13.1 Å². The first-order chi connectivity index (χ1) is 10.3. The van der Waals surface area contributed by atoms with E-state index in [0.717, 1.165) is 42.6 Å². The van der Waals surface area contributed by atoms with E-state index in [4.69, 9.17) is 0 Å². The Kier molecular flexibility index (Phi) is 4.19. The minimum Gasteiger partial charge on any atom is -0.358 e. The number of fused-ring (bicyclic) bond motifs is 3. The van der Waals surface area contributed by atoms with Gasteiger partial charge in [0, 0.05) is 29.6 Å². The van der Waals surface area contributed by atoms with Crippen LogP contribution in [-0.2, 0) is 12.8 Å². The molecule has 0 saturated heterocycles. The van der Waals surface area contributed by atoms with E-state index in [9.17, 15) is 4.39 Å². The summed E-state index contributed by atoms with van der Waals surface area (Å²) in [5.74, 6) is -0.187. The summed E-state index contributed by atoms with van der Waals surface area (Å²) in [6, 6.07) is 13.1. The largest absolute Gasteiger partial charge is 0.358 e. The molecule has 2 nitrogen and oxygen atoms in total. The molecule has 2 N–H and O–H groups in total. The quantitative estimate of drug-likeness (QED) is 0.695. The van der Waals surface area contributed by atoms with Crippen LogP contribution in [0.5, 0.6) is 0 Å². The van der Waals surface area contributed by atoms with Gasteiger partial charge in [0.2, 0.25) is 0 Å². The molecule has 3 aromatic rings. The lowest BCUT2D eigenvalue weighted by Gasteiger charge is -2.07. The lowest BCUT2D eigenvalue weighted by molar-refractivity contribution is 0.628. The van der Waals surface area contributed by atoms with Gasteiger partial charge in [-0.1, -0.05) is 24.3 Å². The number of nitrogens with one attached hydrogen (secondary N) is 2. The molecule has 4 heteroatoms. The van der Waals surface area contributed by atoms with Crippen molar-refractivity contribution in [1.29, 1.82) is 0 Å². The topological polar surface area (TPSA) is 27.8 Å². The fourth-order valence-electron chi connectivity index (χ4n) is 3.31. The van der Waals surface area contributed by atoms with Crippen molar-refractivity contribution >= 4 is 23.3 Å². The van der Waals surface area contributed by atoms with E-state index >= 15 is 0 Å². The van der Waals surface area contributed by atoms with Crippen LogP contribution in [0.15, 0.2) is 42.5 Å². The van der Waals surface area contributed by atoms with E-state index in [2.05, 4.69) is 22.4 Å². The fourth-order valence-corrected chi connectivity index (χ4v) is 3.31. The van der Waals surface area contributed by atoms with Crippen LogP contribution in [0.3, 0.4) is 0 Å². The second-order valence-electron chi connectivity index (χ2n) is 5.57. The summed E-state index contributed by atoms with van der Waals surface area (Å²) in [7, 11) is 0. The van der Waals surface area contributed by atoms with Gasteiger partial charge in [-0.25, -0.2) is 4.39 Å². The van der Waals surface area contributed by atoms with Gasteiger partial charge >= 0.3 is 0 Å². The zero-order valence-corrected chi connectivity index (χ0v) is 13.0. The molecule has 0 amide bonds. The molecule has 2 heterocycles. The van der Waals surface area contributed by atoms with E-state index < -0.39 is 0 Å². The summed E-state index contributed by atoms with van der Waals surface area (Å²) in [5.41, 5.74) is 5.92. The molecule has 22 heavy (non-hydrogen) atoms. The monoisotopic (exact) mass is 316 g/mol. The van der Waals surface area contributed by atoms with Crippen molar-refractivity contribution in [2.24, 2.45) is 0 Å². The van der Waals surface area contributed by atoms with Gasteiger partial charge < -0.3 is 10.3 Å². The van der Waals surface area contributed by atoms with Crippen molar-refractivity contribution in [3.63, 3.8) is 0 Å². The van der Waals surface area contributed by atoms with Gasteiger partial charge in [-0.2, -0.15) is 0 Å². The lowest BCUT2D eigenvalue weighted by Crippen LogP contribution is -2.16. The molecule has 1 aliphatic heterocycles. The van der Waals surface area contributed by atoms with Crippen molar-refractivity contribution < 1.29 is 4.39 Å². The molecule has 0 saturated carbocycles. The standard InChI is InChI=1S/C18H17FN2.ClH/c19-13-4-1-3-12(11-13)14-5-2-6-17-18(14)15-7-9-20-10-8-16(15)21-17;/h1-6,11,20-21H,7-10H2;1H. The van der Waals surface area contributed by atoms with Crippen LogP contribution < -0.4 is 5.32 Å². The van der Waals surface area contributed by atoms with Gasteiger partial charge in [-0.15, -0.1) is 12.4 Å². The van der Waals surface area contributed by atoms with Crippen LogP contribution in [0.25, 0.3) is 22.0 Å². The lowest BCUT2D eigenvalue weighted by atomic mass is 9.97. The molecule has 1 aliphatic rings. The van der Waals surface area contributed by atoms with Crippen molar-refractivity contribution in [2.45, 2.75) is 12.8 Å². The molecule has 1 aromatic heterocycles. The molecular weight excluding hydrogens is 299 g/mol. The molecule has 0 unspecified atom stereocenters. The summed E-state index contributed by atoms with van der Waals surface area (Å²) < 4.78 is 13.6. The maximum atomic E-state index is 13.6. The summed E-state index contributed by atoms with van der Waals surface area (Å²) in [4.78, 5) is 3.55. The van der Waals surface area contributed by atoms with E-state index in [0.29, 0.717) is 0 Å². The summed E-state index contributed by atoms with van der Waals surface area (Å²) in [6.07, 6.45) is 2.04. The molecule has 4 rings (SSSR count). The molecule has 114 valence electrons. The summed E-state index contributed by atoms with van der Waals surface area (Å²) >= 11 is 0. The minimum absolute atomic E-state index is 0. The average molecular weight is 317 g/mol. The van der Waals surface area contributed by atoms with E-state index in [1.807, 2.05) is 12.1 Å². The van der Waals surface area contributed by atoms with Crippen LogP contribution in [0.4, 0.5) is 4.39 Å². The Labute approximate surface area is 135 Å². The number of hydrogen-bond donors (Lipinski definition) is 2. The molecular formula is C18H18ClFN2. The zero-order valence-electron chi connectivity index (χ0n) is 12.2. The first-order valence-corrected chi connectivity index (χ1v) is 7.42. The van der Waals surface area contributed by atoms with Gasteiger partial charge in [0.15, 0.2) is 0 Å². The normalized spacial score (nSPS) is 14.2. The summed E-state index contributed by atoms with van der Waals surface area (Å²) in [5, 5.41) is 4.68. The van der Waals surface area contributed by atoms with Crippen molar-refractivity contribution in [3.8, 4) is 11.1 Å². The Morgan fingerprint density at radius 3 is 2.64 bits per heavy atom. The molecule has 0 spiro atoms. The highest BCUT2D eigenvalue weighted by Crippen LogP contribution is 2.34. The molecule has 0 aliphatic carbocycles. The van der Waals surface area contributed by atoms with Crippen LogP contribution in [0.1, 0.15) is 11.3 Å². The maximum Gasteiger partial charge on any atom is 0.123 e. The highest BCUT2D eigenvalue weighted by atomic mass is 35.5. The number of aromatic amines is 1. The highest BCUT2D eigenvalue weighted by Gasteiger charge is 2.17. The van der Waals surface area contributed by atoms with Crippen LogP contribution in [0, 0.1) is 5.82 Å². The Morgan fingerprint density at radius 2 is 1.77 bits per heavy atom. The van der Waals surface area contributed by atoms with E-state index in [-0.39, 0.29) is 18.2 Å². The van der Waals surface area contributed by atoms with Crippen molar-refractivity contribution in [1.82, 2.24) is 10.3 Å². The molecule has 0 atom stereocenters. The van der Waals surface area contributed by atoms with Crippen molar-refractivity contribution in [3.05, 3.63) is 59.5 Å². The first-order valence-electron chi connectivity index (χ1n) is 7.42. The second kappa shape index (κ2) is 6.11. The maximum absolute atomic E-state index is 13.6. The number of halogens is 2. The van der Waals surface area contributed by atoms with E-state index in [1.54, 1.807) is 12.1 Å². The van der Waals surface area contributed by atoms with Crippen LogP contribution >= 0.6 is 12.4 Å². The number of hydrogen-bond acceptors (Lipinski definition) is 1. The molecule has 0 bridgehead atoms. The Bertz CT molecular complexity index is 810. The predicted molar refractivity (Wildman–Crippen MR) is 91.2 cm³/mol. The Hall–Kier alpha value is -1.84. The van der Waals surface area contributed by atoms with Gasteiger partial charge in [-0.3, -0.25) is 0 Å². The third kappa shape index (κ3) is 2.51. The van der Waals surface area contributed by atoms with E-state index in [1.165, 1.54) is 22.7 Å². The molecule has 0 radical (unpaired) electrons. The van der Waals surface area contributed by atoms with Gasteiger partial charge in [0.05, 0.1) is 0 Å². The van der Waals surface area contributed by atoms with Gasteiger partial charge in [0.1, 0.15) is 5.82 Å². The Balaban J connectivity index is 0.00000144. The second-order valence-corrected chi connectivity index (χ2v) is 5.57. The third-order valence-electron chi connectivity index (χ3n) is 4.26. The number of H-pyrrole nitrogens is 1. The number of rotatable bonds is 1. The smallest absolute Gasteiger partial charge is 0.123 e. The first kappa shape index (κ1) is 15.1. The third-order valence-corrected chi connectivity index (χ3v) is 4.26. The Morgan fingerprint density at radius 1 is 0.955 bits per heavy atom. The molecule has 0 fully saturated rings. The number of aromatic nitrogens is 1. The van der Waals surface area contributed by atoms with Crippen LogP contribution in [0.2, 0.25) is 0 Å². The fraction of sp³-hybridized carbons (Fsp3) is 0.222. The summed E-state index contributed by atoms with van der Waals surface area (Å²) in [6.45, 7) is 2.01. The average Bonchev–Trinajstić information content (AvgIpc) is 2.69. The van der Waals surface area contributed by atoms with Gasteiger partial charge in [0.25, 0.3) is 0 Å². The number of benzene rings is 2. The van der Waals surface area contributed by atoms with Gasteiger partial charge in [-0.05, 0) is 47.9 Å². The van der Waals surface area contributed by atoms with Crippen LogP contribution in [-0.4, -0.2) is 18.1 Å². The predicted octanol–water partition coefficient (Wildman–Crippen LogP) is 4.08. The SMILES string of the molecule is Cl.Fc1cccc(-c2cccc3[nH]c4c(c23)CCNCC4)c1. The molecule has 2 aromatic carbocycles. The zero-order chi connectivity index (χ0) is 14.2.